The van der Waals surface area contributed by atoms with Gasteiger partial charge in [0.25, 0.3) is 0 Å². The Hall–Kier alpha value is -1.55. The molecule has 17 heavy (non-hydrogen) atoms. The molecular weight excluding hydrogens is 216 g/mol. The van der Waals surface area contributed by atoms with Crippen molar-refractivity contribution in [3.63, 3.8) is 0 Å². The minimum atomic E-state index is -0.787. The van der Waals surface area contributed by atoms with Crippen LogP contribution in [0.3, 0.4) is 0 Å². The van der Waals surface area contributed by atoms with Gasteiger partial charge < -0.3 is 15.3 Å². The molecule has 1 saturated carbocycles. The van der Waals surface area contributed by atoms with Crippen LogP contribution in [0.15, 0.2) is 30.3 Å². The summed E-state index contributed by atoms with van der Waals surface area (Å²) < 4.78 is 0. The molecule has 0 radical (unpaired) electrons. The van der Waals surface area contributed by atoms with Gasteiger partial charge in [0, 0.05) is 25.3 Å². The Labute approximate surface area is 101 Å². The van der Waals surface area contributed by atoms with Crippen molar-refractivity contribution in [3.8, 4) is 0 Å². The van der Waals surface area contributed by atoms with Crippen molar-refractivity contribution in [2.45, 2.75) is 24.9 Å². The normalized spacial score (nSPS) is 16.5. The van der Waals surface area contributed by atoms with Crippen LogP contribution >= 0.6 is 0 Å². The van der Waals surface area contributed by atoms with E-state index in [-0.39, 0.29) is 0 Å². The maximum absolute atomic E-state index is 11.3. The lowest BCUT2D eigenvalue weighted by atomic mass is 10.2. The van der Waals surface area contributed by atoms with Gasteiger partial charge in [-0.25, -0.2) is 4.79 Å². The fourth-order valence-corrected chi connectivity index (χ4v) is 1.80. The summed E-state index contributed by atoms with van der Waals surface area (Å²) in [5, 5.41) is 12.5. The topological polar surface area (TPSA) is 52.6 Å². The van der Waals surface area contributed by atoms with Gasteiger partial charge >= 0.3 is 5.97 Å². The maximum Gasteiger partial charge on any atom is 0.327 e. The fraction of sp³-hybridized carbons (Fsp3) is 0.462. The Bertz CT molecular complexity index is 376. The number of nitrogens with zero attached hydrogens (tertiary/aromatic N) is 1. The number of hydrogen-bond acceptors (Lipinski definition) is 3. The van der Waals surface area contributed by atoms with Crippen molar-refractivity contribution in [1.82, 2.24) is 5.32 Å². The maximum atomic E-state index is 11.3. The first kappa shape index (κ1) is 11.9. The van der Waals surface area contributed by atoms with E-state index in [1.807, 2.05) is 37.4 Å². The molecule has 1 fully saturated rings. The number of hydrogen-bond donors (Lipinski definition) is 2. The van der Waals surface area contributed by atoms with Crippen molar-refractivity contribution in [1.29, 1.82) is 0 Å². The predicted octanol–water partition coefficient (Wildman–Crippen LogP) is 1.33. The number of benzene rings is 1. The van der Waals surface area contributed by atoms with Crippen molar-refractivity contribution in [2.75, 3.05) is 18.5 Å². The molecule has 2 N–H and O–H groups in total. The van der Waals surface area contributed by atoms with E-state index in [4.69, 9.17) is 0 Å². The molecule has 1 aromatic rings. The van der Waals surface area contributed by atoms with Crippen molar-refractivity contribution >= 4 is 11.7 Å². The lowest BCUT2D eigenvalue weighted by molar-refractivity contribution is -0.138. The van der Waals surface area contributed by atoms with E-state index in [1.165, 1.54) is 12.8 Å². The van der Waals surface area contributed by atoms with Gasteiger partial charge in [0.15, 0.2) is 0 Å². The summed E-state index contributed by atoms with van der Waals surface area (Å²) in [7, 11) is 1.82. The zero-order valence-corrected chi connectivity index (χ0v) is 9.97. The van der Waals surface area contributed by atoms with Crippen LogP contribution in [0.5, 0.6) is 0 Å². The molecule has 92 valence electrons. The molecule has 1 aliphatic rings. The second kappa shape index (κ2) is 5.19. The van der Waals surface area contributed by atoms with E-state index < -0.39 is 12.0 Å². The molecule has 1 atom stereocenters. The van der Waals surface area contributed by atoms with E-state index >= 15 is 0 Å². The van der Waals surface area contributed by atoms with Gasteiger partial charge in [-0.1, -0.05) is 18.2 Å². The number of aliphatic carboxylic acids is 1. The van der Waals surface area contributed by atoms with Crippen LogP contribution in [-0.4, -0.2) is 36.8 Å². The summed E-state index contributed by atoms with van der Waals surface area (Å²) >= 11 is 0. The number of carboxylic acid groups (broad SMARTS) is 1. The number of anilines is 1. The average Bonchev–Trinajstić information content (AvgIpc) is 3.14. The summed E-state index contributed by atoms with van der Waals surface area (Å²) in [6.45, 7) is 0.491. The van der Waals surface area contributed by atoms with E-state index in [0.29, 0.717) is 12.6 Å². The zero-order chi connectivity index (χ0) is 12.3. The summed E-state index contributed by atoms with van der Waals surface area (Å²) in [6.07, 6.45) is 2.34. The molecule has 0 saturated heterocycles. The monoisotopic (exact) mass is 234 g/mol. The average molecular weight is 234 g/mol. The van der Waals surface area contributed by atoms with Crippen LogP contribution in [0, 0.1) is 0 Å². The quantitative estimate of drug-likeness (QED) is 0.779. The minimum absolute atomic E-state index is 0.491. The molecule has 0 bridgehead atoms. The molecule has 1 aliphatic carbocycles. The number of para-hydroxylation sites is 1. The van der Waals surface area contributed by atoms with Gasteiger partial charge in [0.1, 0.15) is 6.04 Å². The van der Waals surface area contributed by atoms with E-state index in [1.54, 1.807) is 4.90 Å². The SMILES string of the molecule is CN(c1ccccc1)C(CNC1CC1)C(=O)O. The first-order chi connectivity index (χ1) is 8.18. The first-order valence-corrected chi connectivity index (χ1v) is 5.92. The lowest BCUT2D eigenvalue weighted by Crippen LogP contribution is -2.46. The Balaban J connectivity index is 2.01. The Morgan fingerprint density at radius 1 is 1.47 bits per heavy atom. The molecule has 1 aromatic carbocycles. The van der Waals surface area contributed by atoms with Crippen LogP contribution in [0.25, 0.3) is 0 Å². The lowest BCUT2D eigenvalue weighted by Gasteiger charge is -2.27. The van der Waals surface area contributed by atoms with Crippen LogP contribution in [0.4, 0.5) is 5.69 Å². The number of likely N-dealkylation sites (N-methyl/N-ethyl adjacent to an activating group) is 1. The summed E-state index contributed by atoms with van der Waals surface area (Å²) in [6, 6.07) is 9.62. The highest BCUT2D eigenvalue weighted by atomic mass is 16.4. The van der Waals surface area contributed by atoms with E-state index in [9.17, 15) is 9.90 Å². The summed E-state index contributed by atoms with van der Waals surface area (Å²) in [5.41, 5.74) is 0.928. The highest BCUT2D eigenvalue weighted by Crippen LogP contribution is 2.19. The molecular formula is C13H18N2O2. The number of rotatable bonds is 6. The molecule has 0 heterocycles. The van der Waals surface area contributed by atoms with Gasteiger partial charge in [-0.05, 0) is 25.0 Å². The molecule has 0 aromatic heterocycles. The fourth-order valence-electron chi connectivity index (χ4n) is 1.80. The van der Waals surface area contributed by atoms with Crippen molar-refractivity contribution in [3.05, 3.63) is 30.3 Å². The molecule has 1 unspecified atom stereocenters. The van der Waals surface area contributed by atoms with Crippen LogP contribution in [0.1, 0.15) is 12.8 Å². The van der Waals surface area contributed by atoms with Gasteiger partial charge in [-0.15, -0.1) is 0 Å². The van der Waals surface area contributed by atoms with E-state index in [2.05, 4.69) is 5.32 Å². The van der Waals surface area contributed by atoms with Crippen LogP contribution < -0.4 is 10.2 Å². The smallest absolute Gasteiger partial charge is 0.327 e. The van der Waals surface area contributed by atoms with Crippen molar-refractivity contribution in [2.24, 2.45) is 0 Å². The molecule has 4 heteroatoms. The third-order valence-corrected chi connectivity index (χ3v) is 3.09. The third kappa shape index (κ3) is 3.20. The van der Waals surface area contributed by atoms with E-state index in [0.717, 1.165) is 5.69 Å². The molecule has 0 spiro atoms. The summed E-state index contributed by atoms with van der Waals surface area (Å²) in [5.74, 6) is -0.787. The second-order valence-electron chi connectivity index (χ2n) is 4.48. The zero-order valence-electron chi connectivity index (χ0n) is 9.97. The molecule has 0 amide bonds. The second-order valence-corrected chi connectivity index (χ2v) is 4.48. The predicted molar refractivity (Wildman–Crippen MR) is 67.3 cm³/mol. The molecule has 0 aliphatic heterocycles. The number of carbonyl (C=O) groups is 1. The Morgan fingerprint density at radius 3 is 2.65 bits per heavy atom. The Morgan fingerprint density at radius 2 is 2.12 bits per heavy atom. The number of nitrogens with one attached hydrogen (secondary N) is 1. The summed E-state index contributed by atoms with van der Waals surface area (Å²) in [4.78, 5) is 13.1. The standard InChI is InChI=1S/C13H18N2O2/c1-15(11-5-3-2-4-6-11)12(13(16)17)9-14-10-7-8-10/h2-6,10,12,14H,7-9H2,1H3,(H,16,17). The van der Waals surface area contributed by atoms with Gasteiger partial charge in [0.05, 0.1) is 0 Å². The number of carboxylic acids is 1. The highest BCUT2D eigenvalue weighted by Gasteiger charge is 2.27. The largest absolute Gasteiger partial charge is 0.480 e. The third-order valence-electron chi connectivity index (χ3n) is 3.09. The molecule has 2 rings (SSSR count). The van der Waals surface area contributed by atoms with Gasteiger partial charge in [-0.3, -0.25) is 0 Å². The minimum Gasteiger partial charge on any atom is -0.480 e. The highest BCUT2D eigenvalue weighted by molar-refractivity contribution is 5.78. The van der Waals surface area contributed by atoms with Gasteiger partial charge in [-0.2, -0.15) is 0 Å². The van der Waals surface area contributed by atoms with Crippen molar-refractivity contribution < 1.29 is 9.90 Å². The van der Waals surface area contributed by atoms with Gasteiger partial charge in [0.2, 0.25) is 0 Å². The Kier molecular flexibility index (Phi) is 3.64. The first-order valence-electron chi connectivity index (χ1n) is 5.92. The van der Waals surface area contributed by atoms with Crippen LogP contribution in [-0.2, 0) is 4.79 Å². The molecule has 4 nitrogen and oxygen atoms in total. The van der Waals surface area contributed by atoms with Crippen LogP contribution in [0.2, 0.25) is 0 Å².